The van der Waals surface area contributed by atoms with Crippen LogP contribution in [0, 0.1) is 19.8 Å². The molecule has 0 N–H and O–H groups in total. The summed E-state index contributed by atoms with van der Waals surface area (Å²) in [6.45, 7) is 11.9. The van der Waals surface area contributed by atoms with Crippen LogP contribution in [0.1, 0.15) is 18.1 Å². The van der Waals surface area contributed by atoms with E-state index in [0.29, 0.717) is 49.9 Å². The standard InChI is InChI=1S/C24H32N6O3/c1-16-14-29(19-6-5-17(2)18(3)13-19)23-25-21-20(30(23)15-16)22(31)28(24(32)26(21)4)8-7-27-9-11-33-12-10-27/h5-6,13,16H,7-12,14-15H2,1-4H3/t16-/m1/s1. The van der Waals surface area contributed by atoms with Crippen LogP contribution in [0.25, 0.3) is 11.2 Å². The molecule has 2 aliphatic rings. The molecule has 0 aliphatic carbocycles. The molecule has 2 aromatic heterocycles. The van der Waals surface area contributed by atoms with Crippen LogP contribution in [0.5, 0.6) is 0 Å². The van der Waals surface area contributed by atoms with Gasteiger partial charge in [-0.25, -0.2) is 4.79 Å². The summed E-state index contributed by atoms with van der Waals surface area (Å²) in [5, 5.41) is 0. The number of aromatic nitrogens is 4. The van der Waals surface area contributed by atoms with Crippen molar-refractivity contribution in [3.63, 3.8) is 0 Å². The van der Waals surface area contributed by atoms with Crippen molar-refractivity contribution in [2.75, 3.05) is 44.3 Å². The van der Waals surface area contributed by atoms with Crippen molar-refractivity contribution in [1.29, 1.82) is 0 Å². The van der Waals surface area contributed by atoms with Crippen molar-refractivity contribution in [1.82, 2.24) is 23.6 Å². The number of anilines is 2. The molecule has 0 spiro atoms. The topological polar surface area (TPSA) is 77.5 Å². The van der Waals surface area contributed by atoms with E-state index in [2.05, 4.69) is 48.8 Å². The molecular weight excluding hydrogens is 420 g/mol. The Morgan fingerprint density at radius 3 is 2.55 bits per heavy atom. The fourth-order valence-electron chi connectivity index (χ4n) is 4.88. The Hall–Kier alpha value is -2.91. The third kappa shape index (κ3) is 3.79. The van der Waals surface area contributed by atoms with Gasteiger partial charge in [-0.1, -0.05) is 13.0 Å². The number of hydrogen-bond donors (Lipinski definition) is 0. The quantitative estimate of drug-likeness (QED) is 0.599. The molecule has 33 heavy (non-hydrogen) atoms. The van der Waals surface area contributed by atoms with E-state index < -0.39 is 0 Å². The molecule has 1 aromatic carbocycles. The van der Waals surface area contributed by atoms with Crippen LogP contribution < -0.4 is 16.1 Å². The number of fused-ring (bicyclic) bond motifs is 3. The Bertz CT molecular complexity index is 1310. The zero-order chi connectivity index (χ0) is 23.3. The fraction of sp³-hybridized carbons (Fsp3) is 0.542. The maximum Gasteiger partial charge on any atom is 0.332 e. The highest BCUT2D eigenvalue weighted by atomic mass is 16.5. The maximum atomic E-state index is 13.6. The van der Waals surface area contributed by atoms with Gasteiger partial charge in [-0.05, 0) is 43.0 Å². The Kier molecular flexibility index (Phi) is 5.62. The molecule has 176 valence electrons. The lowest BCUT2D eigenvalue weighted by Gasteiger charge is -2.33. The summed E-state index contributed by atoms with van der Waals surface area (Å²) in [4.78, 5) is 35.9. The van der Waals surface area contributed by atoms with Gasteiger partial charge in [0.15, 0.2) is 11.2 Å². The van der Waals surface area contributed by atoms with Gasteiger partial charge in [0.2, 0.25) is 5.95 Å². The second kappa shape index (κ2) is 8.46. The fourth-order valence-corrected chi connectivity index (χ4v) is 4.88. The Labute approximate surface area is 192 Å². The molecule has 9 heteroatoms. The van der Waals surface area contributed by atoms with E-state index in [4.69, 9.17) is 9.72 Å². The van der Waals surface area contributed by atoms with E-state index in [1.807, 2.05) is 4.57 Å². The first-order valence-electron chi connectivity index (χ1n) is 11.7. The van der Waals surface area contributed by atoms with Crippen molar-refractivity contribution in [2.24, 2.45) is 13.0 Å². The first kappa shape index (κ1) is 21.9. The molecule has 1 saturated heterocycles. The Balaban J connectivity index is 1.61. The van der Waals surface area contributed by atoms with Gasteiger partial charge < -0.3 is 14.2 Å². The van der Waals surface area contributed by atoms with Crippen molar-refractivity contribution >= 4 is 22.8 Å². The molecule has 0 saturated carbocycles. The molecule has 5 rings (SSSR count). The Morgan fingerprint density at radius 2 is 1.82 bits per heavy atom. The van der Waals surface area contributed by atoms with Crippen LogP contribution in [0.15, 0.2) is 27.8 Å². The number of morpholine rings is 1. The summed E-state index contributed by atoms with van der Waals surface area (Å²) in [6.07, 6.45) is 0. The lowest BCUT2D eigenvalue weighted by atomic mass is 10.1. The molecule has 1 atom stereocenters. The average molecular weight is 453 g/mol. The minimum atomic E-state index is -0.318. The minimum absolute atomic E-state index is 0.255. The smallest absolute Gasteiger partial charge is 0.332 e. The highest BCUT2D eigenvalue weighted by molar-refractivity contribution is 5.77. The summed E-state index contributed by atoms with van der Waals surface area (Å²) in [5.74, 6) is 1.05. The third-order valence-electron chi connectivity index (χ3n) is 6.99. The second-order valence-electron chi connectivity index (χ2n) is 9.43. The van der Waals surface area contributed by atoms with Crippen molar-refractivity contribution < 1.29 is 4.74 Å². The van der Waals surface area contributed by atoms with E-state index in [0.717, 1.165) is 31.3 Å². The maximum absolute atomic E-state index is 13.6. The summed E-state index contributed by atoms with van der Waals surface area (Å²) < 4.78 is 10.3. The molecule has 9 nitrogen and oxygen atoms in total. The first-order valence-corrected chi connectivity index (χ1v) is 11.7. The molecule has 0 bridgehead atoms. The summed E-state index contributed by atoms with van der Waals surface area (Å²) in [6, 6.07) is 6.38. The number of aryl methyl sites for hydroxylation is 3. The number of imidazole rings is 1. The van der Waals surface area contributed by atoms with Gasteiger partial charge in [0.25, 0.3) is 5.56 Å². The largest absolute Gasteiger partial charge is 0.379 e. The normalized spacial score (nSPS) is 19.3. The van der Waals surface area contributed by atoms with Crippen LogP contribution in [0.2, 0.25) is 0 Å². The van der Waals surface area contributed by atoms with E-state index in [1.54, 1.807) is 7.05 Å². The molecule has 0 unspecified atom stereocenters. The van der Waals surface area contributed by atoms with Gasteiger partial charge in [0.1, 0.15) is 0 Å². The van der Waals surface area contributed by atoms with Crippen LogP contribution in [0.4, 0.5) is 11.6 Å². The van der Waals surface area contributed by atoms with Gasteiger partial charge in [0.05, 0.1) is 13.2 Å². The van der Waals surface area contributed by atoms with Gasteiger partial charge in [-0.3, -0.25) is 18.8 Å². The number of rotatable bonds is 4. The second-order valence-corrected chi connectivity index (χ2v) is 9.43. The van der Waals surface area contributed by atoms with Gasteiger partial charge >= 0.3 is 5.69 Å². The summed E-state index contributed by atoms with van der Waals surface area (Å²) >= 11 is 0. The van der Waals surface area contributed by atoms with E-state index in [9.17, 15) is 9.59 Å². The van der Waals surface area contributed by atoms with E-state index in [1.165, 1.54) is 20.3 Å². The van der Waals surface area contributed by atoms with E-state index >= 15 is 0 Å². The molecule has 3 aromatic rings. The summed E-state index contributed by atoms with van der Waals surface area (Å²) in [7, 11) is 1.71. The lowest BCUT2D eigenvalue weighted by Crippen LogP contribution is -2.44. The van der Waals surface area contributed by atoms with Crippen LogP contribution >= 0.6 is 0 Å². The molecule has 1 fully saturated rings. The predicted molar refractivity (Wildman–Crippen MR) is 129 cm³/mol. The average Bonchev–Trinajstić information content (AvgIpc) is 3.19. The minimum Gasteiger partial charge on any atom is -0.379 e. The molecule has 0 amide bonds. The zero-order valence-corrected chi connectivity index (χ0v) is 19.9. The lowest BCUT2D eigenvalue weighted by molar-refractivity contribution is 0.0361. The highest BCUT2D eigenvalue weighted by Crippen LogP contribution is 2.33. The molecule has 4 heterocycles. The highest BCUT2D eigenvalue weighted by Gasteiger charge is 2.30. The molecule has 0 radical (unpaired) electrons. The molecular formula is C24H32N6O3. The Morgan fingerprint density at radius 1 is 1.06 bits per heavy atom. The van der Waals surface area contributed by atoms with Crippen molar-refractivity contribution in [3.8, 4) is 0 Å². The van der Waals surface area contributed by atoms with Crippen LogP contribution in [-0.2, 0) is 24.9 Å². The van der Waals surface area contributed by atoms with Gasteiger partial charge in [-0.2, -0.15) is 4.98 Å². The van der Waals surface area contributed by atoms with Crippen molar-refractivity contribution in [2.45, 2.75) is 33.9 Å². The summed E-state index contributed by atoms with van der Waals surface area (Å²) in [5.41, 5.74) is 3.89. The zero-order valence-electron chi connectivity index (χ0n) is 19.9. The monoisotopic (exact) mass is 452 g/mol. The van der Waals surface area contributed by atoms with Crippen LogP contribution in [0.3, 0.4) is 0 Å². The predicted octanol–water partition coefficient (Wildman–Crippen LogP) is 1.63. The molecule has 2 aliphatic heterocycles. The number of nitrogens with zero attached hydrogens (tertiary/aromatic N) is 6. The number of benzene rings is 1. The van der Waals surface area contributed by atoms with Crippen molar-refractivity contribution in [3.05, 3.63) is 50.2 Å². The van der Waals surface area contributed by atoms with Crippen LogP contribution in [-0.4, -0.2) is 63.0 Å². The van der Waals surface area contributed by atoms with E-state index in [-0.39, 0.29) is 11.2 Å². The number of ether oxygens (including phenoxy) is 1. The SMILES string of the molecule is Cc1ccc(N2C[C@@H](C)Cn3c2nc2c3c(=O)n(CCN3CCOCC3)c(=O)n2C)cc1C. The number of hydrogen-bond acceptors (Lipinski definition) is 6. The first-order chi connectivity index (χ1) is 15.8. The van der Waals surface area contributed by atoms with Gasteiger partial charge in [0, 0.05) is 52.0 Å². The van der Waals surface area contributed by atoms with Gasteiger partial charge in [-0.15, -0.1) is 0 Å². The third-order valence-corrected chi connectivity index (χ3v) is 6.99.